The van der Waals surface area contributed by atoms with Crippen LogP contribution in [0.15, 0.2) is 169 Å². The molecule has 0 unspecified atom stereocenters. The number of rotatable bonds is 4. The molecule has 0 nitrogen and oxygen atoms in total. The first-order valence-electron chi connectivity index (χ1n) is 26.2. The van der Waals surface area contributed by atoms with Crippen LogP contribution in [0.1, 0.15) is 38.4 Å². The van der Waals surface area contributed by atoms with Gasteiger partial charge in [-0.15, -0.1) is 0 Å². The summed E-state index contributed by atoms with van der Waals surface area (Å²) < 4.78 is 250. The number of hydrogen-bond acceptors (Lipinski definition) is 0. The van der Waals surface area contributed by atoms with Crippen LogP contribution in [0, 0.1) is 0 Å². The maximum Gasteiger partial charge on any atom is 0.0636 e. The van der Waals surface area contributed by atoms with E-state index in [1.54, 1.807) is 0 Å². The van der Waals surface area contributed by atoms with E-state index in [0.29, 0.717) is 0 Å². The zero-order valence-corrected chi connectivity index (χ0v) is 21.0. The standard InChI is InChI=1S/C42H28/c1-3-14-29(15-4-1)31-19-13-20-33(26-31)41-36-22-9-11-24-38(36)42(39-25-12-10-23-37(39)41)40-28-34(30-16-5-2-6-17-30)27-32-18-7-8-21-35(32)40/h1-28H/i1D,2D,3D,4D,5D,6D,7D,8D,9D,10D,11D,12D,13D,14D,15D,16D,17D,18D,19D,20D,21D,22D,23D,24D,25D,26D,27D,28D. The fraction of sp³-hybridized carbons (Fsp3) is 0. The van der Waals surface area contributed by atoms with E-state index >= 15 is 0 Å². The second kappa shape index (κ2) is 10.2. The Morgan fingerprint density at radius 1 is 0.286 bits per heavy atom. The summed E-state index contributed by atoms with van der Waals surface area (Å²) in [5.41, 5.74) is -6.74. The summed E-state index contributed by atoms with van der Waals surface area (Å²) >= 11 is 0. The second-order valence-electron chi connectivity index (χ2n) is 8.75. The summed E-state index contributed by atoms with van der Waals surface area (Å²) in [5.74, 6) is 0. The van der Waals surface area contributed by atoms with Gasteiger partial charge in [0.1, 0.15) is 0 Å². The highest BCUT2D eigenvalue weighted by molar-refractivity contribution is 6.24. The van der Waals surface area contributed by atoms with E-state index in [9.17, 15) is 12.3 Å². The molecule has 0 aromatic heterocycles. The van der Waals surface area contributed by atoms with Gasteiger partial charge in [-0.2, -0.15) is 0 Å². The van der Waals surface area contributed by atoms with Crippen molar-refractivity contribution in [1.82, 2.24) is 0 Å². The number of benzene rings is 8. The van der Waals surface area contributed by atoms with Crippen molar-refractivity contribution in [2.24, 2.45) is 0 Å². The number of hydrogen-bond donors (Lipinski definition) is 0. The van der Waals surface area contributed by atoms with Crippen LogP contribution in [0.5, 0.6) is 0 Å². The van der Waals surface area contributed by atoms with Crippen molar-refractivity contribution in [3.63, 3.8) is 0 Å². The molecular weight excluding hydrogens is 504 g/mol. The van der Waals surface area contributed by atoms with E-state index in [2.05, 4.69) is 0 Å². The van der Waals surface area contributed by atoms with Gasteiger partial charge in [-0.05, 0) is 95.0 Å². The van der Waals surface area contributed by atoms with Crippen LogP contribution >= 0.6 is 0 Å². The molecule has 42 heavy (non-hydrogen) atoms. The highest BCUT2D eigenvalue weighted by atomic mass is 14.2. The lowest BCUT2D eigenvalue weighted by molar-refractivity contribution is 1.61. The SMILES string of the molecule is [2H]c1c([2H])c([2H])c(-c2c([2H])c([2H])c([2H])c(-c3c4c([2H])c([2H])c([2H])c([2H])c4c(-c4c([2H])c(-c5c([2H])c([2H])c([2H])c([2H])c5[2H])c([2H])c5c([2H])c([2H])c([2H])c([2H])c45)c4c([2H])c([2H])c([2H])c([2H])c34)c2[2H])c([2H])c1[2H]. The minimum Gasteiger partial charge on any atom is -0.0622 e. The largest absolute Gasteiger partial charge is 0.0636 e. The minimum atomic E-state index is -1.09. The lowest BCUT2D eigenvalue weighted by Crippen LogP contribution is -1.92. The Labute approximate surface area is 285 Å². The fourth-order valence-corrected chi connectivity index (χ4v) is 4.72. The molecule has 0 heteroatoms. The lowest BCUT2D eigenvalue weighted by Gasteiger charge is -2.20. The Morgan fingerprint density at radius 3 is 1.36 bits per heavy atom. The number of fused-ring (bicyclic) bond motifs is 3. The molecule has 0 N–H and O–H groups in total. The summed E-state index contributed by atoms with van der Waals surface area (Å²) in [6.07, 6.45) is 0. The third-order valence-electron chi connectivity index (χ3n) is 6.44. The van der Waals surface area contributed by atoms with Gasteiger partial charge in [-0.25, -0.2) is 0 Å². The van der Waals surface area contributed by atoms with Crippen molar-refractivity contribution in [2.75, 3.05) is 0 Å². The molecule has 8 aromatic rings. The Balaban J connectivity index is 1.80. The van der Waals surface area contributed by atoms with Gasteiger partial charge in [-0.3, -0.25) is 0 Å². The van der Waals surface area contributed by atoms with Gasteiger partial charge in [-0.1, -0.05) is 151 Å². The molecule has 0 aliphatic carbocycles. The summed E-state index contributed by atoms with van der Waals surface area (Å²) in [5, 5.41) is -4.81. The van der Waals surface area contributed by atoms with Crippen molar-refractivity contribution in [3.8, 4) is 44.5 Å². The van der Waals surface area contributed by atoms with Gasteiger partial charge in [0.2, 0.25) is 0 Å². The van der Waals surface area contributed by atoms with E-state index in [1.165, 1.54) is 0 Å². The van der Waals surface area contributed by atoms with Crippen LogP contribution in [-0.2, 0) is 0 Å². The van der Waals surface area contributed by atoms with E-state index in [4.69, 9.17) is 26.0 Å². The first-order valence-corrected chi connectivity index (χ1v) is 12.2. The van der Waals surface area contributed by atoms with Gasteiger partial charge in [0, 0.05) is 0 Å². The van der Waals surface area contributed by atoms with Crippen LogP contribution in [0.4, 0.5) is 0 Å². The molecule has 0 radical (unpaired) electrons. The average molecular weight is 561 g/mol. The van der Waals surface area contributed by atoms with E-state index in [-0.39, 0.29) is 0 Å². The second-order valence-corrected chi connectivity index (χ2v) is 8.75. The van der Waals surface area contributed by atoms with E-state index < -0.39 is 246 Å². The zero-order valence-electron chi connectivity index (χ0n) is 49.0. The Kier molecular flexibility index (Phi) is 2.19. The maximum absolute atomic E-state index is 9.89. The highest BCUT2D eigenvalue weighted by Crippen LogP contribution is 2.46. The quantitative estimate of drug-likeness (QED) is 0.188. The molecule has 196 valence electrons. The van der Waals surface area contributed by atoms with Crippen molar-refractivity contribution in [1.29, 1.82) is 0 Å². The molecule has 0 amide bonds. The zero-order chi connectivity index (χ0) is 52.2. The Morgan fingerprint density at radius 2 is 0.738 bits per heavy atom. The topological polar surface area (TPSA) is 0 Å². The molecule has 8 rings (SSSR count). The fourth-order valence-electron chi connectivity index (χ4n) is 4.72. The third kappa shape index (κ3) is 4.08. The van der Waals surface area contributed by atoms with E-state index in [1.807, 2.05) is 0 Å². The van der Waals surface area contributed by atoms with Crippen LogP contribution in [0.25, 0.3) is 76.8 Å². The molecule has 0 saturated heterocycles. The van der Waals surface area contributed by atoms with Crippen LogP contribution in [-0.4, -0.2) is 0 Å². The lowest BCUT2D eigenvalue weighted by atomic mass is 9.83. The van der Waals surface area contributed by atoms with Crippen LogP contribution in [0.3, 0.4) is 0 Å². The van der Waals surface area contributed by atoms with Crippen molar-refractivity contribution in [3.05, 3.63) is 169 Å². The molecule has 0 aliphatic rings. The van der Waals surface area contributed by atoms with Crippen molar-refractivity contribution >= 4 is 32.3 Å². The summed E-state index contributed by atoms with van der Waals surface area (Å²) in [7, 11) is 0. The third-order valence-corrected chi connectivity index (χ3v) is 6.44. The predicted molar refractivity (Wildman–Crippen MR) is 181 cm³/mol. The van der Waals surface area contributed by atoms with Gasteiger partial charge < -0.3 is 0 Å². The molecule has 0 aliphatic heterocycles. The molecule has 8 aromatic carbocycles. The van der Waals surface area contributed by atoms with Gasteiger partial charge >= 0.3 is 0 Å². The molecule has 0 fully saturated rings. The van der Waals surface area contributed by atoms with Gasteiger partial charge in [0.15, 0.2) is 0 Å². The summed E-state index contributed by atoms with van der Waals surface area (Å²) in [4.78, 5) is 0. The van der Waals surface area contributed by atoms with Crippen molar-refractivity contribution < 1.29 is 38.4 Å². The monoisotopic (exact) mass is 560 g/mol. The van der Waals surface area contributed by atoms with E-state index in [0.717, 1.165) is 0 Å². The van der Waals surface area contributed by atoms with Crippen LogP contribution in [0.2, 0.25) is 0 Å². The Hall–Kier alpha value is -5.46. The highest BCUT2D eigenvalue weighted by Gasteiger charge is 2.19. The normalized spacial score (nSPS) is 20.7. The first kappa shape index (κ1) is 9.02. The van der Waals surface area contributed by atoms with Gasteiger partial charge in [0.25, 0.3) is 0 Å². The van der Waals surface area contributed by atoms with Crippen LogP contribution < -0.4 is 0 Å². The molecule has 0 bridgehead atoms. The molecule has 0 saturated carbocycles. The molecule has 0 atom stereocenters. The maximum atomic E-state index is 9.89. The first-order chi connectivity index (χ1) is 32.5. The Bertz CT molecular complexity index is 3660. The van der Waals surface area contributed by atoms with Crippen molar-refractivity contribution in [2.45, 2.75) is 0 Å². The molecule has 0 heterocycles. The summed E-state index contributed by atoms with van der Waals surface area (Å²) in [6, 6.07) is -28.1. The molecule has 0 spiro atoms. The average Bonchev–Trinajstić information content (AvgIpc) is 3.33. The summed E-state index contributed by atoms with van der Waals surface area (Å²) in [6.45, 7) is 0. The minimum absolute atomic E-state index is 0.759. The van der Waals surface area contributed by atoms with Gasteiger partial charge in [0.05, 0.1) is 38.4 Å². The predicted octanol–water partition coefficient (Wildman–Crippen LogP) is 11.8. The molecular formula is C42H28. The smallest absolute Gasteiger partial charge is 0.0622 e.